The van der Waals surface area contributed by atoms with Crippen LogP contribution in [0, 0.1) is 8.13 Å². The van der Waals surface area contributed by atoms with E-state index in [0.29, 0.717) is 0 Å². The monoisotopic (exact) mass is 274 g/mol. The molecule has 0 saturated carbocycles. The van der Waals surface area contributed by atoms with Crippen molar-refractivity contribution in [2.45, 2.75) is 0 Å². The topological polar surface area (TPSA) is 52.0 Å². The SMILES string of the molecule is Nc1ccc2c(c1)=[Se]=c1cc(N)ccc1=C=2. The van der Waals surface area contributed by atoms with Crippen LogP contribution >= 0.6 is 0 Å². The molecule has 0 aliphatic carbocycles. The summed E-state index contributed by atoms with van der Waals surface area (Å²) >= 11 is 0.278. The Morgan fingerprint density at radius 1 is 0.812 bits per heavy atom. The zero-order valence-electron chi connectivity index (χ0n) is 8.53. The van der Waals surface area contributed by atoms with E-state index < -0.39 is 0 Å². The molecule has 16 heavy (non-hydrogen) atoms. The molecule has 1 aliphatic rings. The summed E-state index contributed by atoms with van der Waals surface area (Å²) in [5.74, 6) is 0. The second kappa shape index (κ2) is 3.43. The van der Waals surface area contributed by atoms with Gasteiger partial charge in [-0.25, -0.2) is 0 Å². The van der Waals surface area contributed by atoms with Crippen LogP contribution in [0.1, 0.15) is 0 Å². The van der Waals surface area contributed by atoms with Gasteiger partial charge in [-0.15, -0.1) is 0 Å². The third-order valence-corrected chi connectivity index (χ3v) is 4.84. The number of hydrogen-bond acceptors (Lipinski definition) is 2. The van der Waals surface area contributed by atoms with Crippen LogP contribution in [0.4, 0.5) is 11.4 Å². The molecule has 0 amide bonds. The van der Waals surface area contributed by atoms with Crippen LogP contribution in [-0.2, 0) is 0 Å². The molecule has 3 heteroatoms. The van der Waals surface area contributed by atoms with Gasteiger partial charge in [0.15, 0.2) is 0 Å². The molecule has 0 fully saturated rings. The predicted octanol–water partition coefficient (Wildman–Crippen LogP) is -0.178. The van der Waals surface area contributed by atoms with E-state index >= 15 is 0 Å². The van der Waals surface area contributed by atoms with Gasteiger partial charge in [-0.05, 0) is 0 Å². The fraction of sp³-hybridized carbons (Fsp3) is 0. The van der Waals surface area contributed by atoms with E-state index in [1.54, 1.807) is 0 Å². The predicted molar refractivity (Wildman–Crippen MR) is 66.9 cm³/mol. The molecule has 78 valence electrons. The number of rotatable bonds is 0. The Bertz CT molecular complexity index is 777. The van der Waals surface area contributed by atoms with Crippen LogP contribution in [0.15, 0.2) is 36.4 Å². The zero-order chi connectivity index (χ0) is 11.1. The summed E-state index contributed by atoms with van der Waals surface area (Å²) in [5.41, 5.74) is 16.6. The van der Waals surface area contributed by atoms with Crippen molar-refractivity contribution in [3.63, 3.8) is 0 Å². The number of hydrogen-bond donors (Lipinski definition) is 2. The van der Waals surface area contributed by atoms with Crippen molar-refractivity contribution >= 4 is 31.2 Å². The van der Waals surface area contributed by atoms with Crippen molar-refractivity contribution in [2.75, 3.05) is 11.5 Å². The van der Waals surface area contributed by atoms with Crippen molar-refractivity contribution in [3.8, 4) is 0 Å². The van der Waals surface area contributed by atoms with Gasteiger partial charge < -0.3 is 0 Å². The number of benzene rings is 2. The van der Waals surface area contributed by atoms with Crippen molar-refractivity contribution in [2.24, 2.45) is 0 Å². The molecule has 0 aromatic heterocycles. The van der Waals surface area contributed by atoms with Gasteiger partial charge in [0, 0.05) is 0 Å². The molecule has 3 rings (SSSR count). The van der Waals surface area contributed by atoms with Gasteiger partial charge in [0.2, 0.25) is 0 Å². The molecule has 2 aromatic carbocycles. The van der Waals surface area contributed by atoms with Gasteiger partial charge in [-0.1, -0.05) is 0 Å². The molecule has 4 N–H and O–H groups in total. The van der Waals surface area contributed by atoms with Crippen LogP contribution in [-0.4, -0.2) is 14.1 Å². The Labute approximate surface area is 97.8 Å². The third-order valence-electron chi connectivity index (χ3n) is 2.50. The fourth-order valence-corrected chi connectivity index (χ4v) is 3.99. The maximum atomic E-state index is 5.79. The first-order valence-corrected chi connectivity index (χ1v) is 6.67. The first-order chi connectivity index (χ1) is 7.72. The van der Waals surface area contributed by atoms with E-state index in [1.807, 2.05) is 36.4 Å². The summed E-state index contributed by atoms with van der Waals surface area (Å²) in [6, 6.07) is 12.0. The minimum atomic E-state index is 0.278. The van der Waals surface area contributed by atoms with Gasteiger partial charge >= 0.3 is 97.6 Å². The Morgan fingerprint density at radius 3 is 1.81 bits per heavy atom. The summed E-state index contributed by atoms with van der Waals surface area (Å²) in [6.07, 6.45) is 0. The van der Waals surface area contributed by atoms with Crippen molar-refractivity contribution in [1.29, 1.82) is 0 Å². The van der Waals surface area contributed by atoms with Gasteiger partial charge in [0.05, 0.1) is 0 Å². The molecule has 0 unspecified atom stereocenters. The number of nitrogen functional groups attached to an aromatic ring is 2. The molecule has 0 bridgehead atoms. The average molecular weight is 273 g/mol. The quantitative estimate of drug-likeness (QED) is 0.441. The number of fused-ring (bicyclic) bond motifs is 2. The van der Waals surface area contributed by atoms with Crippen LogP contribution in [0.3, 0.4) is 0 Å². The van der Waals surface area contributed by atoms with E-state index in [4.69, 9.17) is 11.5 Å². The maximum absolute atomic E-state index is 5.79. The van der Waals surface area contributed by atoms with Crippen molar-refractivity contribution in [3.05, 3.63) is 55.0 Å². The van der Waals surface area contributed by atoms with Crippen LogP contribution in [0.25, 0.3) is 5.73 Å². The Hall–Kier alpha value is -1.66. The Morgan fingerprint density at radius 2 is 1.31 bits per heavy atom. The van der Waals surface area contributed by atoms with Crippen LogP contribution < -0.4 is 21.9 Å². The average Bonchev–Trinajstić information content (AvgIpc) is 2.26. The van der Waals surface area contributed by atoms with Gasteiger partial charge in [-0.3, -0.25) is 0 Å². The molecular formula is C13H10N2Se. The van der Waals surface area contributed by atoms with Gasteiger partial charge in [0.25, 0.3) is 0 Å². The first kappa shape index (κ1) is 9.56. The van der Waals surface area contributed by atoms with E-state index in [0.717, 1.165) is 21.8 Å². The van der Waals surface area contributed by atoms with E-state index in [9.17, 15) is 0 Å². The van der Waals surface area contributed by atoms with Crippen molar-refractivity contribution < 1.29 is 0 Å². The number of anilines is 2. The molecule has 0 saturated heterocycles. The summed E-state index contributed by atoms with van der Waals surface area (Å²) in [6.45, 7) is 0. The Kier molecular flexibility index (Phi) is 2.05. The van der Waals surface area contributed by atoms with E-state index in [-0.39, 0.29) is 14.1 Å². The van der Waals surface area contributed by atoms with Gasteiger partial charge in [-0.2, -0.15) is 0 Å². The van der Waals surface area contributed by atoms with E-state index in [1.165, 1.54) is 8.13 Å². The van der Waals surface area contributed by atoms with Crippen molar-refractivity contribution in [1.82, 2.24) is 0 Å². The molecule has 0 radical (unpaired) electrons. The molecule has 2 nitrogen and oxygen atoms in total. The molecule has 1 heterocycles. The zero-order valence-corrected chi connectivity index (χ0v) is 10.2. The first-order valence-electron chi connectivity index (χ1n) is 4.96. The summed E-state index contributed by atoms with van der Waals surface area (Å²) < 4.78 is 2.57. The van der Waals surface area contributed by atoms with Crippen LogP contribution in [0.5, 0.6) is 0 Å². The molecule has 2 aromatic rings. The molecule has 0 atom stereocenters. The van der Waals surface area contributed by atoms with E-state index in [2.05, 4.69) is 5.73 Å². The second-order valence-electron chi connectivity index (χ2n) is 3.74. The number of nitrogens with two attached hydrogens (primary N) is 2. The third kappa shape index (κ3) is 1.52. The Balaban J connectivity index is 2.66. The molecular weight excluding hydrogens is 263 g/mol. The minimum absolute atomic E-state index is 0.278. The second-order valence-corrected chi connectivity index (χ2v) is 6.01. The normalized spacial score (nSPS) is 11.5. The summed E-state index contributed by atoms with van der Waals surface area (Å²) in [5, 5.41) is 2.32. The van der Waals surface area contributed by atoms with Gasteiger partial charge in [0.1, 0.15) is 0 Å². The molecule has 1 aliphatic heterocycles. The summed E-state index contributed by atoms with van der Waals surface area (Å²) in [4.78, 5) is 0. The summed E-state index contributed by atoms with van der Waals surface area (Å²) in [7, 11) is 0. The standard InChI is InChI=1S/C13H10N2Se/c14-10-3-1-8-5-9-2-4-11(15)7-13(9)16-12(8)6-10/h1-4,6-7H,14-15H2. The molecule has 0 spiro atoms. The van der Waals surface area contributed by atoms with Crippen LogP contribution in [0.2, 0.25) is 0 Å². The fourth-order valence-electron chi connectivity index (χ4n) is 1.72.